The van der Waals surface area contributed by atoms with E-state index in [1.54, 1.807) is 0 Å². The van der Waals surface area contributed by atoms with Crippen molar-refractivity contribution in [1.82, 2.24) is 21.3 Å². The van der Waals surface area contributed by atoms with Crippen molar-refractivity contribution in [2.24, 2.45) is 17.3 Å². The molecule has 16 nitrogen and oxygen atoms in total. The number of nitrogens with one attached hydrogen (secondary N) is 4. The monoisotopic (exact) mass is 988 g/mol. The molecule has 4 amide bonds. The molecular formula is C58H44N4O12. The molecule has 0 bridgehead atoms. The van der Waals surface area contributed by atoms with Crippen molar-refractivity contribution >= 4 is 138 Å². The van der Waals surface area contributed by atoms with Crippen LogP contribution in [0.15, 0.2) is 24.3 Å². The summed E-state index contributed by atoms with van der Waals surface area (Å²) >= 11 is 0. The first-order valence-corrected chi connectivity index (χ1v) is 25.7. The van der Waals surface area contributed by atoms with Crippen LogP contribution in [0.4, 0.5) is 0 Å². The fraction of sp³-hybridized carbons (Fsp3) is 0.345. The highest BCUT2D eigenvalue weighted by Crippen LogP contribution is 2.81. The number of hydrogen-bond acceptors (Lipinski definition) is 12. The number of fused-ring (bicyclic) bond motifs is 11. The summed E-state index contributed by atoms with van der Waals surface area (Å²) in [4.78, 5) is 61.7. The van der Waals surface area contributed by atoms with Gasteiger partial charge in [-0.05, 0) is 164 Å². The molecule has 6 atom stereocenters. The number of aliphatic hydroxyl groups is 8. The largest absolute Gasteiger partial charge is 0.394 e. The zero-order chi connectivity index (χ0) is 50.0. The quantitative estimate of drug-likeness (QED) is 0.0472. The van der Waals surface area contributed by atoms with E-state index in [1.807, 2.05) is 12.1 Å². The summed E-state index contributed by atoms with van der Waals surface area (Å²) in [6.45, 7) is -4.71. The summed E-state index contributed by atoms with van der Waals surface area (Å²) in [5.74, 6) is -4.34. The Morgan fingerprint density at radius 1 is 0.419 bits per heavy atom. The highest BCUT2D eigenvalue weighted by atomic mass is 16.3. The summed E-state index contributed by atoms with van der Waals surface area (Å²) < 4.78 is 0. The zero-order valence-electron chi connectivity index (χ0n) is 39.1. The minimum absolute atomic E-state index is 0.0388. The van der Waals surface area contributed by atoms with Crippen LogP contribution >= 0.6 is 0 Å². The SMILES string of the molecule is O=C(NC(CO)CO)C1(C(=O)NC(CO)CO)c2c1c1c3ccc4c5c6c7c(c8c9c7c7c%10c%11c%12c%13c(c2c%12c1c1c3c4c6c7c%111)C=CC1C%13C=%10C9C1C=C8)C1C5C1(C(=O)NC(CO)CO)C(=O)NC(CO)CO. The third-order valence-electron chi connectivity index (χ3n) is 20.3. The van der Waals surface area contributed by atoms with Gasteiger partial charge in [0.1, 0.15) is 5.41 Å². The molecule has 0 spiro atoms. The van der Waals surface area contributed by atoms with Crippen molar-refractivity contribution in [3.05, 3.63) is 74.0 Å². The van der Waals surface area contributed by atoms with Crippen molar-refractivity contribution < 1.29 is 60.0 Å². The van der Waals surface area contributed by atoms with Gasteiger partial charge in [0.15, 0.2) is 5.41 Å². The van der Waals surface area contributed by atoms with Gasteiger partial charge in [-0.25, -0.2) is 0 Å². The lowest BCUT2D eigenvalue weighted by Gasteiger charge is -2.29. The van der Waals surface area contributed by atoms with Crippen LogP contribution < -0.4 is 26.5 Å². The standard InChI is InChI=1S/C58H44N4O12/c63-7-15(8-64)59-53(71)57(54(72)60-16(9-65)10-66)49-31-21-3-1-19-20-2-4-22-28-26(20)35-25(19)27(21)36-40(31)42-33(51(49)57)23-5-6-24-30-29(23)38(42)47-45(36)44(35)46-37(28)41-32(22)50-52(34(24)43(41)39(30)48(46)47)58(50,55(73)61-17(11-67)12-68)56(74)62-18(13-69)14-70/h1-6,15-20,25-26,49,51,63-70H,7-14H2,(H,59,71)(H,60,72)(H,61,73)(H,62,74). The van der Waals surface area contributed by atoms with Crippen molar-refractivity contribution in [3.63, 3.8) is 0 Å². The summed E-state index contributed by atoms with van der Waals surface area (Å²) in [7, 11) is 0. The molecule has 0 heterocycles. The Bertz CT molecular complexity index is 4430. The number of aliphatic hydroxyl groups excluding tert-OH is 8. The van der Waals surface area contributed by atoms with Crippen LogP contribution in [-0.4, -0.2) is 142 Å². The minimum Gasteiger partial charge on any atom is -0.394 e. The Morgan fingerprint density at radius 3 is 1.38 bits per heavy atom. The van der Waals surface area contributed by atoms with E-state index in [0.717, 1.165) is 108 Å². The van der Waals surface area contributed by atoms with E-state index in [1.165, 1.54) is 32.7 Å². The molecule has 6 unspecified atom stereocenters. The molecule has 0 saturated heterocycles. The van der Waals surface area contributed by atoms with Crippen LogP contribution in [0.3, 0.4) is 0 Å². The van der Waals surface area contributed by atoms with Crippen LogP contribution in [0.25, 0.3) is 115 Å². The second kappa shape index (κ2) is 12.6. The molecule has 12 N–H and O–H groups in total. The maximum atomic E-state index is 15.4. The fourth-order valence-electron chi connectivity index (χ4n) is 17.9. The van der Waals surface area contributed by atoms with Crippen molar-refractivity contribution in [2.45, 2.75) is 53.3 Å². The Balaban J connectivity index is 1.05. The predicted octanol–water partition coefficient (Wildman–Crippen LogP) is 0.714. The topological polar surface area (TPSA) is 278 Å². The maximum absolute atomic E-state index is 15.4. The average Bonchev–Trinajstić information content (AvgIpc) is 3.94. The number of allylic oxidation sites excluding steroid dienone is 2. The second-order valence-corrected chi connectivity index (χ2v) is 22.8. The molecule has 10 aromatic rings. The van der Waals surface area contributed by atoms with E-state index in [4.69, 9.17) is 0 Å². The first kappa shape index (κ1) is 41.5. The first-order chi connectivity index (χ1) is 36.1. The first-order valence-electron chi connectivity index (χ1n) is 25.7. The number of carbonyl (C=O) groups is 4. The lowest BCUT2D eigenvalue weighted by Crippen LogP contribution is -2.54. The van der Waals surface area contributed by atoms with Gasteiger partial charge in [0.05, 0.1) is 77.0 Å². The number of benzene rings is 5. The van der Waals surface area contributed by atoms with Gasteiger partial charge in [0, 0.05) is 23.7 Å². The Hall–Kier alpha value is -6.86. The van der Waals surface area contributed by atoms with E-state index >= 15 is 19.2 Å². The highest BCUT2D eigenvalue weighted by Gasteiger charge is 2.78. The number of amides is 4. The van der Waals surface area contributed by atoms with E-state index in [2.05, 4.69) is 45.6 Å². The van der Waals surface area contributed by atoms with Gasteiger partial charge in [0.2, 0.25) is 23.6 Å². The minimum atomic E-state index is -2.01. The van der Waals surface area contributed by atoms with Gasteiger partial charge in [-0.2, -0.15) is 0 Å². The lowest BCUT2D eigenvalue weighted by molar-refractivity contribution is -0.139. The van der Waals surface area contributed by atoms with E-state index < -0.39 is 123 Å². The maximum Gasteiger partial charge on any atom is 0.245 e. The van der Waals surface area contributed by atoms with Crippen LogP contribution in [0.1, 0.15) is 68.2 Å². The molecule has 18 rings (SSSR count). The molecule has 16 heteroatoms. The number of hydrogen-bond donors (Lipinski definition) is 12. The van der Waals surface area contributed by atoms with Crippen molar-refractivity contribution in [3.8, 4) is 0 Å². The van der Waals surface area contributed by atoms with E-state index in [9.17, 15) is 40.9 Å². The van der Waals surface area contributed by atoms with Crippen LogP contribution in [0, 0.1) is 17.3 Å². The van der Waals surface area contributed by atoms with E-state index in [0.29, 0.717) is 11.1 Å². The van der Waals surface area contributed by atoms with Crippen molar-refractivity contribution in [2.75, 3.05) is 52.9 Å². The van der Waals surface area contributed by atoms with Gasteiger partial charge in [-0.15, -0.1) is 0 Å². The highest BCUT2D eigenvalue weighted by molar-refractivity contribution is 6.61. The molecule has 0 radical (unpaired) electrons. The zero-order valence-corrected chi connectivity index (χ0v) is 39.1. The smallest absolute Gasteiger partial charge is 0.245 e. The molecule has 8 aliphatic rings. The second-order valence-electron chi connectivity index (χ2n) is 22.8. The normalized spacial score (nSPS) is 24.1. The molecule has 368 valence electrons. The van der Waals surface area contributed by atoms with Crippen LogP contribution in [-0.2, 0) is 24.6 Å². The Morgan fingerprint density at radius 2 is 0.811 bits per heavy atom. The van der Waals surface area contributed by atoms with Crippen LogP contribution in [0.5, 0.6) is 0 Å². The van der Waals surface area contributed by atoms with Gasteiger partial charge in [0.25, 0.3) is 0 Å². The molecule has 2 saturated carbocycles. The molecule has 74 heavy (non-hydrogen) atoms. The number of carbonyl (C=O) groups excluding carboxylic acids is 4. The van der Waals surface area contributed by atoms with Gasteiger partial charge < -0.3 is 62.1 Å². The Kier molecular flexibility index (Phi) is 7.07. The summed E-state index contributed by atoms with van der Waals surface area (Å²) in [6, 6.07) is -0.294. The van der Waals surface area contributed by atoms with Crippen molar-refractivity contribution in [1.29, 1.82) is 0 Å². The van der Waals surface area contributed by atoms with E-state index in [-0.39, 0.29) is 23.7 Å². The third kappa shape index (κ3) is 3.73. The average molecular weight is 989 g/mol. The van der Waals surface area contributed by atoms with Gasteiger partial charge in [-0.1, -0.05) is 36.4 Å². The molecule has 2 fully saturated rings. The third-order valence-corrected chi connectivity index (χ3v) is 20.3. The van der Waals surface area contributed by atoms with Gasteiger partial charge in [-0.3, -0.25) is 19.2 Å². The molecule has 8 aliphatic carbocycles. The predicted molar refractivity (Wildman–Crippen MR) is 273 cm³/mol. The molecular weight excluding hydrogens is 945 g/mol. The lowest BCUT2D eigenvalue weighted by atomic mass is 9.74. The summed E-state index contributed by atoms with van der Waals surface area (Å²) in [5.41, 5.74) is 4.59. The summed E-state index contributed by atoms with van der Waals surface area (Å²) in [5, 5.41) is 113. The summed E-state index contributed by atoms with van der Waals surface area (Å²) in [6.07, 6.45) is 9.01. The van der Waals surface area contributed by atoms with Gasteiger partial charge >= 0.3 is 0 Å². The van der Waals surface area contributed by atoms with Crippen LogP contribution in [0.2, 0.25) is 0 Å². The molecule has 10 aromatic carbocycles. The molecule has 0 aromatic heterocycles. The number of rotatable bonds is 16. The molecule has 0 aliphatic heterocycles. The Labute approximate surface area is 415 Å². The fourth-order valence-corrected chi connectivity index (χ4v) is 17.9.